The number of hydrogen-bond donors (Lipinski definition) is 0. The fraction of sp³-hybridized carbons (Fsp3) is 0.0323. The van der Waals surface area contributed by atoms with Crippen molar-refractivity contribution in [2.24, 2.45) is 0 Å². The third kappa shape index (κ3) is 2.61. The van der Waals surface area contributed by atoms with E-state index in [4.69, 9.17) is 11.6 Å². The standard InChI is InChI=1S/C31H19ClS/c32-22-9-7-8-20(18-22)21-16-17-30-28(19-21)31(27-14-5-6-15-29(27)33-30)25-12-3-1-10-23(25)24-11-2-4-13-26(24)31/h1-19H. The fourth-order valence-electron chi connectivity index (χ4n) is 5.70. The maximum Gasteiger partial charge on any atom is 0.0735 e. The first kappa shape index (κ1) is 19.2. The molecule has 1 spiro atoms. The van der Waals surface area contributed by atoms with Gasteiger partial charge >= 0.3 is 0 Å². The van der Waals surface area contributed by atoms with Crippen LogP contribution in [0.25, 0.3) is 22.3 Å². The summed E-state index contributed by atoms with van der Waals surface area (Å²) in [4.78, 5) is 2.64. The number of halogens is 1. The molecule has 1 heterocycles. The molecule has 0 saturated carbocycles. The molecule has 0 amide bonds. The Hall–Kier alpha value is -3.26. The second-order valence-electron chi connectivity index (χ2n) is 8.66. The van der Waals surface area contributed by atoms with E-state index in [2.05, 4.69) is 103 Å². The van der Waals surface area contributed by atoms with E-state index >= 15 is 0 Å². The van der Waals surface area contributed by atoms with Crippen molar-refractivity contribution in [3.05, 3.63) is 143 Å². The van der Waals surface area contributed by atoms with Gasteiger partial charge in [-0.2, -0.15) is 0 Å². The van der Waals surface area contributed by atoms with Crippen molar-refractivity contribution < 1.29 is 0 Å². The van der Waals surface area contributed by atoms with E-state index < -0.39 is 0 Å². The van der Waals surface area contributed by atoms with Gasteiger partial charge in [-0.1, -0.05) is 108 Å². The Bertz CT molecular complexity index is 1520. The molecule has 0 fully saturated rings. The van der Waals surface area contributed by atoms with Gasteiger partial charge in [0.15, 0.2) is 0 Å². The first-order chi connectivity index (χ1) is 16.3. The molecule has 0 bridgehead atoms. The molecular weight excluding hydrogens is 440 g/mol. The van der Waals surface area contributed by atoms with Crippen LogP contribution in [0.2, 0.25) is 5.02 Å². The summed E-state index contributed by atoms with van der Waals surface area (Å²) in [7, 11) is 0. The van der Waals surface area contributed by atoms with Crippen LogP contribution in [0.5, 0.6) is 0 Å². The summed E-state index contributed by atoms with van der Waals surface area (Å²) in [6.07, 6.45) is 0. The Morgan fingerprint density at radius 3 is 1.82 bits per heavy atom. The smallest absolute Gasteiger partial charge is 0.0735 e. The molecule has 0 nitrogen and oxygen atoms in total. The SMILES string of the molecule is Clc1cccc(-c2ccc3c(c2)C2(c4ccccc4S3)c3ccccc3-c3ccccc32)c1. The monoisotopic (exact) mass is 458 g/mol. The lowest BCUT2D eigenvalue weighted by atomic mass is 9.67. The van der Waals surface area contributed by atoms with E-state index in [0.29, 0.717) is 0 Å². The van der Waals surface area contributed by atoms with Gasteiger partial charge in [-0.25, -0.2) is 0 Å². The first-order valence-corrected chi connectivity index (χ1v) is 12.3. The molecule has 7 rings (SSSR count). The highest BCUT2D eigenvalue weighted by Crippen LogP contribution is 2.62. The molecule has 0 atom stereocenters. The molecule has 5 aromatic carbocycles. The molecule has 0 unspecified atom stereocenters. The van der Waals surface area contributed by atoms with Crippen molar-refractivity contribution in [2.75, 3.05) is 0 Å². The zero-order valence-corrected chi connectivity index (χ0v) is 19.3. The van der Waals surface area contributed by atoms with E-state index in [1.807, 2.05) is 23.9 Å². The Morgan fingerprint density at radius 2 is 1.09 bits per heavy atom. The molecule has 156 valence electrons. The summed E-state index contributed by atoms with van der Waals surface area (Å²) >= 11 is 8.23. The molecule has 0 N–H and O–H groups in total. The Balaban J connectivity index is 1.62. The largest absolute Gasteiger partial charge is 0.0894 e. The molecule has 0 radical (unpaired) electrons. The van der Waals surface area contributed by atoms with Crippen molar-refractivity contribution in [1.82, 2.24) is 0 Å². The number of hydrogen-bond acceptors (Lipinski definition) is 1. The quantitative estimate of drug-likeness (QED) is 0.237. The molecule has 1 aliphatic heterocycles. The summed E-state index contributed by atoms with van der Waals surface area (Å²) in [5.74, 6) is 0. The lowest BCUT2D eigenvalue weighted by Crippen LogP contribution is -2.32. The molecule has 2 heteroatoms. The summed E-state index contributed by atoms with van der Waals surface area (Å²) in [5, 5.41) is 0.760. The molecule has 33 heavy (non-hydrogen) atoms. The van der Waals surface area contributed by atoms with E-state index in [0.717, 1.165) is 10.6 Å². The lowest BCUT2D eigenvalue weighted by molar-refractivity contribution is 0.723. The van der Waals surface area contributed by atoms with E-state index in [1.54, 1.807) is 0 Å². The maximum absolute atomic E-state index is 6.36. The van der Waals surface area contributed by atoms with Crippen molar-refractivity contribution >= 4 is 23.4 Å². The van der Waals surface area contributed by atoms with Crippen molar-refractivity contribution in [2.45, 2.75) is 15.2 Å². The zero-order chi connectivity index (χ0) is 22.0. The minimum absolute atomic E-state index is 0.334. The van der Waals surface area contributed by atoms with Crippen LogP contribution in [0.1, 0.15) is 22.3 Å². The minimum Gasteiger partial charge on any atom is -0.0894 e. The zero-order valence-electron chi connectivity index (χ0n) is 17.8. The molecule has 1 aliphatic carbocycles. The van der Waals surface area contributed by atoms with Gasteiger partial charge in [0.25, 0.3) is 0 Å². The maximum atomic E-state index is 6.36. The van der Waals surface area contributed by atoms with Crippen molar-refractivity contribution in [1.29, 1.82) is 0 Å². The summed E-state index contributed by atoms with van der Waals surface area (Å²) < 4.78 is 0. The van der Waals surface area contributed by atoms with Crippen LogP contribution in [-0.4, -0.2) is 0 Å². The topological polar surface area (TPSA) is 0 Å². The highest BCUT2D eigenvalue weighted by molar-refractivity contribution is 7.99. The Morgan fingerprint density at radius 1 is 0.485 bits per heavy atom. The van der Waals surface area contributed by atoms with Gasteiger partial charge in [-0.3, -0.25) is 0 Å². The minimum atomic E-state index is -0.334. The second kappa shape index (κ2) is 7.12. The predicted octanol–water partition coefficient (Wildman–Crippen LogP) is 8.83. The summed E-state index contributed by atoms with van der Waals surface area (Å²) in [5.41, 5.74) is 10.1. The number of rotatable bonds is 1. The molecular formula is C31H19ClS. The third-order valence-electron chi connectivity index (χ3n) is 7.00. The van der Waals surface area contributed by atoms with Crippen LogP contribution in [0.3, 0.4) is 0 Å². The van der Waals surface area contributed by atoms with Crippen LogP contribution >= 0.6 is 23.4 Å². The van der Waals surface area contributed by atoms with Crippen molar-refractivity contribution in [3.63, 3.8) is 0 Å². The van der Waals surface area contributed by atoms with Gasteiger partial charge < -0.3 is 0 Å². The number of fused-ring (bicyclic) bond motifs is 9. The van der Waals surface area contributed by atoms with Gasteiger partial charge in [0.1, 0.15) is 0 Å². The average Bonchev–Trinajstić information content (AvgIpc) is 3.16. The first-order valence-electron chi connectivity index (χ1n) is 11.1. The summed E-state index contributed by atoms with van der Waals surface area (Å²) in [6.45, 7) is 0. The average molecular weight is 459 g/mol. The lowest BCUT2D eigenvalue weighted by Gasteiger charge is -2.40. The van der Waals surface area contributed by atoms with Gasteiger partial charge in [0, 0.05) is 14.8 Å². The normalized spacial score (nSPS) is 14.3. The van der Waals surface area contributed by atoms with Gasteiger partial charge in [-0.05, 0) is 74.8 Å². The van der Waals surface area contributed by atoms with Gasteiger partial charge in [-0.15, -0.1) is 0 Å². The summed E-state index contributed by atoms with van der Waals surface area (Å²) in [6, 6.07) is 41.8. The molecule has 0 aromatic heterocycles. The van der Waals surface area contributed by atoms with E-state index in [9.17, 15) is 0 Å². The van der Waals surface area contributed by atoms with Crippen LogP contribution in [-0.2, 0) is 5.41 Å². The third-order valence-corrected chi connectivity index (χ3v) is 8.39. The van der Waals surface area contributed by atoms with Gasteiger partial charge in [0.05, 0.1) is 5.41 Å². The fourth-order valence-corrected chi connectivity index (χ4v) is 7.07. The van der Waals surface area contributed by atoms with Crippen LogP contribution < -0.4 is 0 Å². The Labute approximate surface area is 202 Å². The van der Waals surface area contributed by atoms with Gasteiger partial charge in [0.2, 0.25) is 0 Å². The van der Waals surface area contributed by atoms with E-state index in [1.165, 1.54) is 48.7 Å². The highest BCUT2D eigenvalue weighted by atomic mass is 35.5. The van der Waals surface area contributed by atoms with E-state index in [-0.39, 0.29) is 5.41 Å². The molecule has 5 aromatic rings. The predicted molar refractivity (Wildman–Crippen MR) is 138 cm³/mol. The van der Waals surface area contributed by atoms with Crippen molar-refractivity contribution in [3.8, 4) is 22.3 Å². The van der Waals surface area contributed by atoms with Crippen LogP contribution in [0.15, 0.2) is 125 Å². The Kier molecular flexibility index (Phi) is 4.15. The van der Waals surface area contributed by atoms with Crippen LogP contribution in [0, 0.1) is 0 Å². The van der Waals surface area contributed by atoms with Crippen LogP contribution in [0.4, 0.5) is 0 Å². The molecule has 2 aliphatic rings. The molecule has 0 saturated heterocycles. The second-order valence-corrected chi connectivity index (χ2v) is 10.2. The number of benzene rings is 5. The highest BCUT2D eigenvalue weighted by Gasteiger charge is 2.50.